The molecular formula is C20H35Cl3N4O. The van der Waals surface area contributed by atoms with Gasteiger partial charge < -0.3 is 15.5 Å². The molecule has 8 heteroatoms. The Hall–Kier alpha value is -0.720. The van der Waals surface area contributed by atoms with Crippen molar-refractivity contribution in [1.82, 2.24) is 9.80 Å². The summed E-state index contributed by atoms with van der Waals surface area (Å²) in [5.41, 5.74) is 7.14. The molecule has 0 radical (unpaired) electrons. The van der Waals surface area contributed by atoms with E-state index in [1.165, 1.54) is 5.69 Å². The Balaban J connectivity index is 0.00000243. The first-order valence-corrected chi connectivity index (χ1v) is 9.66. The number of carbonyl (C=O) groups excluding carboxylic acids is 1. The van der Waals surface area contributed by atoms with E-state index in [0.29, 0.717) is 18.4 Å². The van der Waals surface area contributed by atoms with Crippen LogP contribution in [0.4, 0.5) is 5.69 Å². The van der Waals surface area contributed by atoms with Crippen molar-refractivity contribution >= 4 is 48.8 Å². The number of piperazine rings is 1. The molecule has 1 saturated carbocycles. The number of para-hydroxylation sites is 1. The number of halogens is 3. The Morgan fingerprint density at radius 2 is 1.71 bits per heavy atom. The van der Waals surface area contributed by atoms with Gasteiger partial charge in [-0.05, 0) is 37.4 Å². The Kier molecular flexibility index (Phi) is 13.1. The third-order valence-corrected chi connectivity index (χ3v) is 5.90. The molecule has 1 aliphatic heterocycles. The summed E-state index contributed by atoms with van der Waals surface area (Å²) in [6.07, 6.45) is 3.27. The minimum absolute atomic E-state index is 0. The van der Waals surface area contributed by atoms with E-state index in [1.807, 2.05) is 11.9 Å². The van der Waals surface area contributed by atoms with Crippen LogP contribution in [0, 0.1) is 11.8 Å². The monoisotopic (exact) mass is 452 g/mol. The molecular weight excluding hydrogens is 419 g/mol. The molecule has 0 spiro atoms. The maximum Gasteiger partial charge on any atom is 0.225 e. The fourth-order valence-corrected chi connectivity index (χ4v) is 4.20. The van der Waals surface area contributed by atoms with Crippen molar-refractivity contribution in [3.05, 3.63) is 30.3 Å². The summed E-state index contributed by atoms with van der Waals surface area (Å²) in [6.45, 7) is 6.66. The second-order valence-electron chi connectivity index (χ2n) is 7.46. The van der Waals surface area contributed by atoms with Gasteiger partial charge in [-0.3, -0.25) is 9.69 Å². The van der Waals surface area contributed by atoms with Gasteiger partial charge in [-0.15, -0.1) is 37.2 Å². The lowest BCUT2D eigenvalue weighted by atomic mass is 9.95. The highest BCUT2D eigenvalue weighted by atomic mass is 35.5. The largest absolute Gasteiger partial charge is 0.369 e. The lowest BCUT2D eigenvalue weighted by Gasteiger charge is -2.37. The third-order valence-electron chi connectivity index (χ3n) is 5.90. The van der Waals surface area contributed by atoms with E-state index in [1.54, 1.807) is 0 Å². The molecule has 28 heavy (non-hydrogen) atoms. The second kappa shape index (κ2) is 13.5. The van der Waals surface area contributed by atoms with Crippen molar-refractivity contribution in [1.29, 1.82) is 0 Å². The van der Waals surface area contributed by atoms with Crippen LogP contribution in [0.1, 0.15) is 19.3 Å². The molecule has 162 valence electrons. The van der Waals surface area contributed by atoms with E-state index < -0.39 is 0 Å². The highest BCUT2D eigenvalue weighted by molar-refractivity contribution is 5.86. The highest BCUT2D eigenvalue weighted by Gasteiger charge is 2.33. The molecule has 5 nitrogen and oxygen atoms in total. The predicted octanol–water partition coefficient (Wildman–Crippen LogP) is 2.91. The van der Waals surface area contributed by atoms with Gasteiger partial charge in [-0.25, -0.2) is 0 Å². The van der Waals surface area contributed by atoms with Crippen molar-refractivity contribution in [3.63, 3.8) is 0 Å². The van der Waals surface area contributed by atoms with Gasteiger partial charge in [0.1, 0.15) is 0 Å². The number of nitrogens with zero attached hydrogens (tertiary/aromatic N) is 3. The third kappa shape index (κ3) is 6.96. The molecule has 1 saturated heterocycles. The van der Waals surface area contributed by atoms with Crippen LogP contribution in [-0.4, -0.2) is 68.6 Å². The smallest absolute Gasteiger partial charge is 0.225 e. The predicted molar refractivity (Wildman–Crippen MR) is 124 cm³/mol. The fourth-order valence-electron chi connectivity index (χ4n) is 4.20. The Morgan fingerprint density at radius 3 is 2.32 bits per heavy atom. The van der Waals surface area contributed by atoms with Crippen LogP contribution in [0.15, 0.2) is 30.3 Å². The van der Waals surface area contributed by atoms with Crippen LogP contribution in [0.3, 0.4) is 0 Å². The van der Waals surface area contributed by atoms with Gasteiger partial charge >= 0.3 is 0 Å². The Morgan fingerprint density at radius 1 is 1.07 bits per heavy atom. The number of anilines is 1. The summed E-state index contributed by atoms with van der Waals surface area (Å²) in [4.78, 5) is 19.5. The minimum atomic E-state index is 0. The standard InChI is InChI=1S/C20H32N4O.3ClH/c1-22(20(25)19-9-5-6-17(19)16-21)10-11-23-12-14-24(15-13-23)18-7-3-2-4-8-18;;;/h2-4,7-8,17,19H,5-6,9-16,21H2,1H3;3*1H/t17-,19-;;;/m1.../s1. The van der Waals surface area contributed by atoms with Gasteiger partial charge in [-0.1, -0.05) is 24.6 Å². The van der Waals surface area contributed by atoms with E-state index in [4.69, 9.17) is 5.73 Å². The maximum absolute atomic E-state index is 12.7. The van der Waals surface area contributed by atoms with E-state index in [0.717, 1.165) is 58.5 Å². The van der Waals surface area contributed by atoms with Crippen molar-refractivity contribution in [3.8, 4) is 0 Å². The zero-order valence-electron chi connectivity index (χ0n) is 16.7. The van der Waals surface area contributed by atoms with Crippen LogP contribution in [0.25, 0.3) is 0 Å². The first kappa shape index (κ1) is 27.3. The molecule has 1 heterocycles. The number of hydrogen-bond acceptors (Lipinski definition) is 4. The lowest BCUT2D eigenvalue weighted by molar-refractivity contribution is -0.135. The molecule has 0 unspecified atom stereocenters. The van der Waals surface area contributed by atoms with Gasteiger partial charge in [0.15, 0.2) is 0 Å². The SMILES string of the molecule is CN(CCN1CCN(c2ccccc2)CC1)C(=O)[C@@H]1CCC[C@@H]1CN.Cl.Cl.Cl. The van der Waals surface area contributed by atoms with Crippen molar-refractivity contribution in [2.45, 2.75) is 19.3 Å². The molecule has 2 fully saturated rings. The summed E-state index contributed by atoms with van der Waals surface area (Å²) in [5.74, 6) is 0.852. The topological polar surface area (TPSA) is 52.8 Å². The van der Waals surface area contributed by atoms with Gasteiger partial charge in [0.05, 0.1) is 0 Å². The highest BCUT2D eigenvalue weighted by Crippen LogP contribution is 2.32. The number of likely N-dealkylation sites (N-methyl/N-ethyl adjacent to an activating group) is 1. The fraction of sp³-hybridized carbons (Fsp3) is 0.650. The van der Waals surface area contributed by atoms with E-state index in [2.05, 4.69) is 40.1 Å². The number of amides is 1. The summed E-state index contributed by atoms with van der Waals surface area (Å²) in [6, 6.07) is 10.6. The van der Waals surface area contributed by atoms with Crippen LogP contribution in [-0.2, 0) is 4.79 Å². The van der Waals surface area contributed by atoms with Gasteiger partial charge in [0.2, 0.25) is 5.91 Å². The zero-order valence-corrected chi connectivity index (χ0v) is 19.1. The molecule has 1 amide bonds. The molecule has 0 bridgehead atoms. The summed E-state index contributed by atoms with van der Waals surface area (Å²) >= 11 is 0. The second-order valence-corrected chi connectivity index (χ2v) is 7.46. The van der Waals surface area contributed by atoms with Crippen LogP contribution >= 0.6 is 37.2 Å². The summed E-state index contributed by atoms with van der Waals surface area (Å²) in [7, 11) is 1.95. The van der Waals surface area contributed by atoms with Gasteiger partial charge in [-0.2, -0.15) is 0 Å². The van der Waals surface area contributed by atoms with E-state index in [9.17, 15) is 4.79 Å². The van der Waals surface area contributed by atoms with Crippen LogP contribution in [0.2, 0.25) is 0 Å². The van der Waals surface area contributed by atoms with Crippen molar-refractivity contribution < 1.29 is 4.79 Å². The molecule has 1 aromatic carbocycles. The number of nitrogens with two attached hydrogens (primary N) is 1. The Bertz CT molecular complexity index is 556. The first-order chi connectivity index (χ1) is 12.2. The summed E-state index contributed by atoms with van der Waals surface area (Å²) < 4.78 is 0. The van der Waals surface area contributed by atoms with E-state index >= 15 is 0 Å². The molecule has 2 N–H and O–H groups in total. The van der Waals surface area contributed by atoms with Crippen molar-refractivity contribution in [2.24, 2.45) is 17.6 Å². The molecule has 2 aliphatic rings. The molecule has 1 aromatic rings. The average molecular weight is 454 g/mol. The van der Waals surface area contributed by atoms with Crippen LogP contribution < -0.4 is 10.6 Å². The summed E-state index contributed by atoms with van der Waals surface area (Å²) in [5, 5.41) is 0. The molecule has 0 aromatic heterocycles. The average Bonchev–Trinajstić information content (AvgIpc) is 3.15. The van der Waals surface area contributed by atoms with E-state index in [-0.39, 0.29) is 43.1 Å². The maximum atomic E-state index is 12.7. The van der Waals surface area contributed by atoms with Gasteiger partial charge in [0, 0.05) is 57.9 Å². The number of hydrogen-bond donors (Lipinski definition) is 1. The molecule has 2 atom stereocenters. The Labute approximate surface area is 188 Å². The van der Waals surface area contributed by atoms with Crippen LogP contribution in [0.5, 0.6) is 0 Å². The number of carbonyl (C=O) groups is 1. The zero-order chi connectivity index (χ0) is 17.6. The normalized spacial score (nSPS) is 21.9. The molecule has 1 aliphatic carbocycles. The van der Waals surface area contributed by atoms with Crippen molar-refractivity contribution in [2.75, 3.05) is 57.8 Å². The quantitative estimate of drug-likeness (QED) is 0.719. The minimum Gasteiger partial charge on any atom is -0.369 e. The number of benzene rings is 1. The first-order valence-electron chi connectivity index (χ1n) is 9.66. The van der Waals surface area contributed by atoms with Gasteiger partial charge in [0.25, 0.3) is 0 Å². The number of rotatable bonds is 6. The lowest BCUT2D eigenvalue weighted by Crippen LogP contribution is -2.49. The molecule has 3 rings (SSSR count).